The van der Waals surface area contributed by atoms with Crippen molar-refractivity contribution in [2.24, 2.45) is 0 Å². The van der Waals surface area contributed by atoms with E-state index < -0.39 is 0 Å². The van der Waals surface area contributed by atoms with Gasteiger partial charge in [-0.05, 0) is 5.56 Å². The second-order valence-electron chi connectivity index (χ2n) is 3.88. The van der Waals surface area contributed by atoms with Crippen molar-refractivity contribution >= 4 is 22.1 Å². The van der Waals surface area contributed by atoms with Crippen molar-refractivity contribution in [3.63, 3.8) is 0 Å². The van der Waals surface area contributed by atoms with Crippen LogP contribution in [0, 0.1) is 0 Å². The van der Waals surface area contributed by atoms with E-state index in [2.05, 4.69) is 10.1 Å². The molecule has 0 atom stereocenters. The van der Waals surface area contributed by atoms with Crippen LogP contribution in [0.4, 0.5) is 5.82 Å². The third-order valence-corrected chi connectivity index (χ3v) is 3.42. The predicted molar refractivity (Wildman–Crippen MR) is 70.8 cm³/mol. The molecule has 2 N–H and O–H groups in total. The van der Waals surface area contributed by atoms with Crippen molar-refractivity contribution in [3.8, 4) is 0 Å². The summed E-state index contributed by atoms with van der Waals surface area (Å²) < 4.78 is 1.50. The van der Waals surface area contributed by atoms with Gasteiger partial charge in [-0.2, -0.15) is 14.6 Å². The lowest BCUT2D eigenvalue weighted by Gasteiger charge is -2.01. The zero-order chi connectivity index (χ0) is 12.5. The molecule has 0 unspecified atom stereocenters. The minimum absolute atomic E-state index is 0.291. The molecule has 18 heavy (non-hydrogen) atoms. The van der Waals surface area contributed by atoms with Crippen LogP contribution in [-0.2, 0) is 6.42 Å². The summed E-state index contributed by atoms with van der Waals surface area (Å²) >= 11 is 1.31. The van der Waals surface area contributed by atoms with Crippen molar-refractivity contribution in [1.29, 1.82) is 0 Å². The number of nitrogens with zero attached hydrogens (tertiary/aromatic N) is 3. The smallest absolute Gasteiger partial charge is 0.296 e. The van der Waals surface area contributed by atoms with Gasteiger partial charge in [-0.25, -0.2) is 0 Å². The molecular formula is C12H10N4OS. The molecule has 0 aliphatic heterocycles. The number of thiazole rings is 1. The van der Waals surface area contributed by atoms with E-state index in [-0.39, 0.29) is 5.56 Å². The van der Waals surface area contributed by atoms with Crippen LogP contribution in [0.5, 0.6) is 0 Å². The highest BCUT2D eigenvalue weighted by molar-refractivity contribution is 7.15. The van der Waals surface area contributed by atoms with Crippen LogP contribution in [0.2, 0.25) is 0 Å². The minimum Gasteiger partial charge on any atom is -0.383 e. The van der Waals surface area contributed by atoms with Crippen molar-refractivity contribution in [2.45, 2.75) is 6.42 Å². The Kier molecular flexibility index (Phi) is 2.56. The molecule has 0 aliphatic rings. The van der Waals surface area contributed by atoms with Gasteiger partial charge >= 0.3 is 0 Å². The van der Waals surface area contributed by atoms with E-state index in [0.29, 0.717) is 22.9 Å². The van der Waals surface area contributed by atoms with Gasteiger partial charge in [0.25, 0.3) is 5.56 Å². The quantitative estimate of drug-likeness (QED) is 0.752. The summed E-state index contributed by atoms with van der Waals surface area (Å²) in [7, 11) is 0. The van der Waals surface area contributed by atoms with Crippen LogP contribution in [0.15, 0.2) is 40.5 Å². The first-order valence-corrected chi connectivity index (χ1v) is 6.29. The molecule has 0 aliphatic carbocycles. The number of rotatable bonds is 2. The number of fused-ring (bicyclic) bond motifs is 1. The van der Waals surface area contributed by atoms with Gasteiger partial charge in [0.2, 0.25) is 4.96 Å². The van der Waals surface area contributed by atoms with E-state index >= 15 is 0 Å². The summed E-state index contributed by atoms with van der Waals surface area (Å²) in [5.74, 6) is 0.497. The lowest BCUT2D eigenvalue weighted by Crippen LogP contribution is -2.18. The van der Waals surface area contributed by atoms with Gasteiger partial charge in [0.15, 0.2) is 0 Å². The Labute approximate surface area is 107 Å². The fourth-order valence-electron chi connectivity index (χ4n) is 1.71. The van der Waals surface area contributed by atoms with E-state index in [1.165, 1.54) is 15.9 Å². The lowest BCUT2D eigenvalue weighted by atomic mass is 10.1. The van der Waals surface area contributed by atoms with Crippen LogP contribution in [-0.4, -0.2) is 14.6 Å². The standard InChI is InChI=1S/C12H10N4OS/c13-10-7-18-12-14-11(17)9(15-16(10)12)6-8-4-2-1-3-5-8/h1-5,7H,6,13H2. The SMILES string of the molecule is Nc1csc2nc(=O)c(Cc3ccccc3)nn12. The van der Waals surface area contributed by atoms with Crippen LogP contribution in [0.1, 0.15) is 11.3 Å². The summed E-state index contributed by atoms with van der Waals surface area (Å²) in [4.78, 5) is 16.3. The van der Waals surface area contributed by atoms with Crippen molar-refractivity contribution in [3.05, 3.63) is 57.3 Å². The molecule has 3 aromatic rings. The highest BCUT2D eigenvalue weighted by Crippen LogP contribution is 2.13. The molecule has 5 nitrogen and oxygen atoms in total. The van der Waals surface area contributed by atoms with E-state index in [0.717, 1.165) is 5.56 Å². The van der Waals surface area contributed by atoms with Crippen LogP contribution in [0.3, 0.4) is 0 Å². The van der Waals surface area contributed by atoms with E-state index in [1.54, 1.807) is 5.38 Å². The summed E-state index contributed by atoms with van der Waals surface area (Å²) in [5.41, 5.74) is 6.90. The largest absolute Gasteiger partial charge is 0.383 e. The van der Waals surface area contributed by atoms with Crippen LogP contribution < -0.4 is 11.3 Å². The maximum Gasteiger partial charge on any atom is 0.296 e. The predicted octanol–water partition coefficient (Wildman–Crippen LogP) is 1.32. The Morgan fingerprint density at radius 1 is 1.28 bits per heavy atom. The summed E-state index contributed by atoms with van der Waals surface area (Å²) in [5, 5.41) is 5.98. The van der Waals surface area contributed by atoms with Gasteiger partial charge < -0.3 is 5.73 Å². The average Bonchev–Trinajstić information content (AvgIpc) is 2.73. The zero-order valence-electron chi connectivity index (χ0n) is 9.41. The second-order valence-corrected chi connectivity index (χ2v) is 4.72. The first kappa shape index (κ1) is 10.9. The average molecular weight is 258 g/mol. The van der Waals surface area contributed by atoms with Gasteiger partial charge in [-0.3, -0.25) is 4.79 Å². The molecule has 0 saturated heterocycles. The zero-order valence-corrected chi connectivity index (χ0v) is 10.2. The molecule has 2 heterocycles. The summed E-state index contributed by atoms with van der Waals surface area (Å²) in [6.07, 6.45) is 0.463. The molecule has 3 rings (SSSR count). The highest BCUT2D eigenvalue weighted by Gasteiger charge is 2.09. The van der Waals surface area contributed by atoms with Gasteiger partial charge in [0.05, 0.1) is 0 Å². The lowest BCUT2D eigenvalue weighted by molar-refractivity contribution is 0.842. The topological polar surface area (TPSA) is 73.3 Å². The van der Waals surface area contributed by atoms with E-state index in [9.17, 15) is 4.79 Å². The number of benzene rings is 1. The molecule has 0 fully saturated rings. The minimum atomic E-state index is -0.291. The maximum absolute atomic E-state index is 11.8. The molecule has 0 spiro atoms. The molecular weight excluding hydrogens is 248 g/mol. The van der Waals surface area contributed by atoms with Crippen molar-refractivity contribution < 1.29 is 0 Å². The summed E-state index contributed by atoms with van der Waals surface area (Å²) in [6.45, 7) is 0. The second kappa shape index (κ2) is 4.23. The fourth-order valence-corrected chi connectivity index (χ4v) is 2.42. The van der Waals surface area contributed by atoms with E-state index in [1.807, 2.05) is 30.3 Å². The number of hydrogen-bond donors (Lipinski definition) is 1. The Balaban J connectivity index is 2.09. The summed E-state index contributed by atoms with van der Waals surface area (Å²) in [6, 6.07) is 9.69. The van der Waals surface area contributed by atoms with Gasteiger partial charge in [-0.1, -0.05) is 30.3 Å². The van der Waals surface area contributed by atoms with Gasteiger partial charge in [0.1, 0.15) is 11.5 Å². The molecule has 90 valence electrons. The van der Waals surface area contributed by atoms with Crippen LogP contribution in [0.25, 0.3) is 4.96 Å². The Bertz CT molecular complexity index is 748. The number of nitrogens with two attached hydrogens (primary N) is 1. The molecule has 0 bridgehead atoms. The Hall–Kier alpha value is -2.21. The third kappa shape index (κ3) is 1.86. The molecule has 1 aromatic carbocycles. The maximum atomic E-state index is 11.8. The molecule has 0 amide bonds. The van der Waals surface area contributed by atoms with Crippen molar-refractivity contribution in [2.75, 3.05) is 5.73 Å². The molecule has 2 aromatic heterocycles. The number of aromatic nitrogens is 3. The first-order valence-electron chi connectivity index (χ1n) is 5.41. The number of nitrogen functional groups attached to an aromatic ring is 1. The molecule has 0 radical (unpaired) electrons. The van der Waals surface area contributed by atoms with E-state index in [4.69, 9.17) is 5.73 Å². The van der Waals surface area contributed by atoms with Gasteiger partial charge in [-0.15, -0.1) is 11.3 Å². The van der Waals surface area contributed by atoms with Crippen molar-refractivity contribution in [1.82, 2.24) is 14.6 Å². The monoisotopic (exact) mass is 258 g/mol. The Morgan fingerprint density at radius 2 is 2.06 bits per heavy atom. The molecule has 0 saturated carbocycles. The Morgan fingerprint density at radius 3 is 2.83 bits per heavy atom. The normalized spacial score (nSPS) is 10.9. The number of anilines is 1. The first-order chi connectivity index (χ1) is 8.74. The van der Waals surface area contributed by atoms with Crippen LogP contribution >= 0.6 is 11.3 Å². The third-order valence-electron chi connectivity index (χ3n) is 2.59. The van der Waals surface area contributed by atoms with Gasteiger partial charge in [0, 0.05) is 11.8 Å². The fraction of sp³-hybridized carbons (Fsp3) is 0.0833. The number of hydrogen-bond acceptors (Lipinski definition) is 5. The highest BCUT2D eigenvalue weighted by atomic mass is 32.1. The molecule has 6 heteroatoms.